The van der Waals surface area contributed by atoms with Crippen molar-refractivity contribution in [2.45, 2.75) is 6.92 Å². The Kier molecular flexibility index (Phi) is 2.78. The predicted octanol–water partition coefficient (Wildman–Crippen LogP) is 1.96. The number of amides is 1. The number of carbonyl (C=O) groups excluding carboxylic acids is 1. The standard InChI is InChI=1S/C11H10FN3O2/c1-6-8(5-14-17-6)11(16)15-7-2-3-9(12)10(13)4-7/h2-5H,13H2,1H3,(H,15,16). The molecule has 17 heavy (non-hydrogen) atoms. The molecule has 1 aromatic heterocycles. The van der Waals surface area contributed by atoms with Crippen LogP contribution in [0.5, 0.6) is 0 Å². The Labute approximate surface area is 96.4 Å². The molecule has 0 aliphatic heterocycles. The summed E-state index contributed by atoms with van der Waals surface area (Å²) >= 11 is 0. The molecule has 5 nitrogen and oxygen atoms in total. The zero-order valence-corrected chi connectivity index (χ0v) is 9.03. The number of halogens is 1. The van der Waals surface area contributed by atoms with Crippen LogP contribution >= 0.6 is 0 Å². The van der Waals surface area contributed by atoms with Crippen LogP contribution in [-0.2, 0) is 0 Å². The van der Waals surface area contributed by atoms with Crippen LogP contribution in [0.1, 0.15) is 16.1 Å². The normalized spacial score (nSPS) is 10.2. The summed E-state index contributed by atoms with van der Waals surface area (Å²) in [5.74, 6) is -0.489. The first kappa shape index (κ1) is 11.1. The molecule has 0 bridgehead atoms. The van der Waals surface area contributed by atoms with E-state index in [1.807, 2.05) is 0 Å². The van der Waals surface area contributed by atoms with E-state index >= 15 is 0 Å². The van der Waals surface area contributed by atoms with E-state index in [0.717, 1.165) is 0 Å². The first-order chi connectivity index (χ1) is 8.08. The lowest BCUT2D eigenvalue weighted by molar-refractivity contribution is 0.102. The Morgan fingerprint density at radius 3 is 2.88 bits per heavy atom. The van der Waals surface area contributed by atoms with Crippen molar-refractivity contribution in [3.8, 4) is 0 Å². The fourth-order valence-corrected chi connectivity index (χ4v) is 1.34. The zero-order chi connectivity index (χ0) is 12.4. The summed E-state index contributed by atoms with van der Waals surface area (Å²) in [5.41, 5.74) is 6.10. The average molecular weight is 235 g/mol. The minimum atomic E-state index is -0.524. The molecule has 0 spiro atoms. The fraction of sp³-hybridized carbons (Fsp3) is 0.0909. The monoisotopic (exact) mass is 235 g/mol. The van der Waals surface area contributed by atoms with Gasteiger partial charge in [-0.15, -0.1) is 0 Å². The molecule has 0 unspecified atom stereocenters. The Hall–Kier alpha value is -2.37. The molecule has 3 N–H and O–H groups in total. The maximum atomic E-state index is 12.9. The number of aryl methyl sites for hydroxylation is 1. The number of benzene rings is 1. The van der Waals surface area contributed by atoms with Gasteiger partial charge in [-0.25, -0.2) is 4.39 Å². The van der Waals surface area contributed by atoms with Crippen LogP contribution in [0.2, 0.25) is 0 Å². The maximum Gasteiger partial charge on any atom is 0.260 e. The lowest BCUT2D eigenvalue weighted by Gasteiger charge is -2.05. The smallest absolute Gasteiger partial charge is 0.260 e. The van der Waals surface area contributed by atoms with Gasteiger partial charge in [-0.05, 0) is 25.1 Å². The minimum Gasteiger partial charge on any atom is -0.396 e. The van der Waals surface area contributed by atoms with Crippen molar-refractivity contribution in [2.75, 3.05) is 11.1 Å². The summed E-state index contributed by atoms with van der Waals surface area (Å²) in [7, 11) is 0. The van der Waals surface area contributed by atoms with Gasteiger partial charge >= 0.3 is 0 Å². The molecule has 1 amide bonds. The van der Waals surface area contributed by atoms with Gasteiger partial charge in [-0.1, -0.05) is 5.16 Å². The van der Waals surface area contributed by atoms with Gasteiger partial charge in [-0.3, -0.25) is 4.79 Å². The molecule has 0 atom stereocenters. The number of rotatable bonds is 2. The summed E-state index contributed by atoms with van der Waals surface area (Å²) in [6.07, 6.45) is 1.32. The number of aromatic nitrogens is 1. The van der Waals surface area contributed by atoms with E-state index in [9.17, 15) is 9.18 Å². The van der Waals surface area contributed by atoms with Crippen molar-refractivity contribution in [3.05, 3.63) is 41.5 Å². The number of anilines is 2. The third kappa shape index (κ3) is 2.25. The van der Waals surface area contributed by atoms with Crippen LogP contribution in [0.3, 0.4) is 0 Å². The van der Waals surface area contributed by atoms with Crippen LogP contribution < -0.4 is 11.1 Å². The van der Waals surface area contributed by atoms with Crippen molar-refractivity contribution in [3.63, 3.8) is 0 Å². The first-order valence-electron chi connectivity index (χ1n) is 4.85. The molecule has 0 aliphatic rings. The molecular formula is C11H10FN3O2. The largest absolute Gasteiger partial charge is 0.396 e. The summed E-state index contributed by atoms with van der Waals surface area (Å²) in [5, 5.41) is 6.06. The highest BCUT2D eigenvalue weighted by atomic mass is 19.1. The van der Waals surface area contributed by atoms with Crippen LogP contribution in [0, 0.1) is 12.7 Å². The van der Waals surface area contributed by atoms with Gasteiger partial charge in [0.25, 0.3) is 5.91 Å². The van der Waals surface area contributed by atoms with Gasteiger partial charge in [0, 0.05) is 5.69 Å². The predicted molar refractivity (Wildman–Crippen MR) is 60.0 cm³/mol. The van der Waals surface area contributed by atoms with E-state index in [0.29, 0.717) is 17.0 Å². The van der Waals surface area contributed by atoms with Crippen LogP contribution in [0.25, 0.3) is 0 Å². The van der Waals surface area contributed by atoms with Gasteiger partial charge in [-0.2, -0.15) is 0 Å². The molecule has 0 radical (unpaired) electrons. The molecule has 2 aromatic rings. The van der Waals surface area contributed by atoms with Gasteiger partial charge in [0.1, 0.15) is 17.1 Å². The minimum absolute atomic E-state index is 0.0233. The molecule has 1 aromatic carbocycles. The van der Waals surface area contributed by atoms with E-state index in [4.69, 9.17) is 10.3 Å². The first-order valence-corrected chi connectivity index (χ1v) is 4.85. The van der Waals surface area contributed by atoms with Crippen molar-refractivity contribution in [2.24, 2.45) is 0 Å². The average Bonchev–Trinajstić information content (AvgIpc) is 2.70. The lowest BCUT2D eigenvalue weighted by Crippen LogP contribution is -2.12. The Morgan fingerprint density at radius 1 is 1.53 bits per heavy atom. The van der Waals surface area contributed by atoms with Crippen molar-refractivity contribution in [1.82, 2.24) is 5.16 Å². The highest BCUT2D eigenvalue weighted by Crippen LogP contribution is 2.17. The van der Waals surface area contributed by atoms with Crippen molar-refractivity contribution in [1.29, 1.82) is 0 Å². The molecule has 0 aliphatic carbocycles. The van der Waals surface area contributed by atoms with Crippen LogP contribution in [-0.4, -0.2) is 11.1 Å². The highest BCUT2D eigenvalue weighted by molar-refractivity contribution is 6.04. The summed E-state index contributed by atoms with van der Waals surface area (Å²) in [6, 6.07) is 3.95. The van der Waals surface area contributed by atoms with E-state index in [1.165, 1.54) is 24.4 Å². The van der Waals surface area contributed by atoms with Gasteiger partial charge in [0.2, 0.25) is 0 Å². The van der Waals surface area contributed by atoms with Crippen LogP contribution in [0.15, 0.2) is 28.9 Å². The van der Waals surface area contributed by atoms with E-state index in [1.54, 1.807) is 6.92 Å². The fourth-order valence-electron chi connectivity index (χ4n) is 1.34. The Bertz CT molecular complexity index is 566. The third-order valence-electron chi connectivity index (χ3n) is 2.25. The second-order valence-electron chi connectivity index (χ2n) is 3.49. The number of hydrogen-bond acceptors (Lipinski definition) is 4. The van der Waals surface area contributed by atoms with Gasteiger partial charge in [0.05, 0.1) is 11.9 Å². The van der Waals surface area contributed by atoms with Crippen molar-refractivity contribution < 1.29 is 13.7 Å². The Balaban J connectivity index is 2.19. The molecule has 0 fully saturated rings. The number of nitrogens with zero attached hydrogens (tertiary/aromatic N) is 1. The molecule has 88 valence electrons. The maximum absolute atomic E-state index is 12.9. The lowest BCUT2D eigenvalue weighted by atomic mass is 10.2. The molecular weight excluding hydrogens is 225 g/mol. The number of nitrogen functional groups attached to an aromatic ring is 1. The van der Waals surface area contributed by atoms with Crippen molar-refractivity contribution >= 4 is 17.3 Å². The zero-order valence-electron chi connectivity index (χ0n) is 9.03. The third-order valence-corrected chi connectivity index (χ3v) is 2.25. The Morgan fingerprint density at radius 2 is 2.29 bits per heavy atom. The SMILES string of the molecule is Cc1oncc1C(=O)Nc1ccc(F)c(N)c1. The number of nitrogens with two attached hydrogens (primary N) is 1. The summed E-state index contributed by atoms with van der Waals surface area (Å²) in [6.45, 7) is 1.63. The highest BCUT2D eigenvalue weighted by Gasteiger charge is 2.13. The quantitative estimate of drug-likeness (QED) is 0.779. The van der Waals surface area contributed by atoms with E-state index in [-0.39, 0.29) is 11.6 Å². The molecule has 6 heteroatoms. The molecule has 0 saturated carbocycles. The molecule has 1 heterocycles. The van der Waals surface area contributed by atoms with Gasteiger partial charge < -0.3 is 15.6 Å². The van der Waals surface area contributed by atoms with Gasteiger partial charge in [0.15, 0.2) is 0 Å². The van der Waals surface area contributed by atoms with Crippen LogP contribution in [0.4, 0.5) is 15.8 Å². The van der Waals surface area contributed by atoms with E-state index in [2.05, 4.69) is 10.5 Å². The number of hydrogen-bond donors (Lipinski definition) is 2. The summed E-state index contributed by atoms with van der Waals surface area (Å²) in [4.78, 5) is 11.7. The van der Waals surface area contributed by atoms with E-state index < -0.39 is 5.82 Å². The molecule has 2 rings (SSSR count). The topological polar surface area (TPSA) is 81.2 Å². The summed E-state index contributed by atoms with van der Waals surface area (Å²) < 4.78 is 17.7. The second-order valence-corrected chi connectivity index (χ2v) is 3.49. The number of nitrogens with one attached hydrogen (secondary N) is 1. The molecule has 0 saturated heterocycles. The number of carbonyl (C=O) groups is 1. The second kappa shape index (κ2) is 4.25.